The number of hydrogen-bond acceptors (Lipinski definition) is 5. The third-order valence-electron chi connectivity index (χ3n) is 4.25. The molecule has 7 nitrogen and oxygen atoms in total. The summed E-state index contributed by atoms with van der Waals surface area (Å²) in [5, 5.41) is 9.41. The highest BCUT2D eigenvalue weighted by Crippen LogP contribution is 2.45. The minimum Gasteiger partial charge on any atom is -0.481 e. The largest absolute Gasteiger partial charge is 0.481 e. The summed E-state index contributed by atoms with van der Waals surface area (Å²) in [6, 6.07) is 4.53. The Morgan fingerprint density at radius 3 is 2.52 bits per heavy atom. The topological polar surface area (TPSA) is 104 Å². The summed E-state index contributed by atoms with van der Waals surface area (Å²) in [6.07, 6.45) is 0.0606. The number of para-hydroxylation sites is 1. The molecule has 0 aliphatic carbocycles. The predicted molar refractivity (Wildman–Crippen MR) is 107 cm³/mol. The first kappa shape index (κ1) is 20.4. The molecule has 1 aromatic carbocycles. The number of fused-ring (bicyclic) bond motifs is 1. The van der Waals surface area contributed by atoms with Gasteiger partial charge < -0.3 is 10.0 Å². The molecule has 27 heavy (non-hydrogen) atoms. The van der Waals surface area contributed by atoms with Gasteiger partial charge in [-0.1, -0.05) is 41.0 Å². The molecule has 146 valence electrons. The molecular formula is C16H16Cl2N2O5S2. The van der Waals surface area contributed by atoms with Crippen LogP contribution < -0.4 is 4.90 Å². The van der Waals surface area contributed by atoms with Crippen LogP contribution in [-0.2, 0) is 19.4 Å². The van der Waals surface area contributed by atoms with Crippen molar-refractivity contribution < 1.29 is 23.1 Å². The average molecular weight is 451 g/mol. The molecule has 0 bridgehead atoms. The number of aliphatic carboxylic acids is 1. The lowest BCUT2D eigenvalue weighted by Crippen LogP contribution is -2.38. The van der Waals surface area contributed by atoms with Crippen LogP contribution in [0.1, 0.15) is 19.3 Å². The monoisotopic (exact) mass is 450 g/mol. The van der Waals surface area contributed by atoms with Crippen molar-refractivity contribution in [2.75, 3.05) is 16.4 Å². The van der Waals surface area contributed by atoms with Crippen LogP contribution in [0.3, 0.4) is 0 Å². The first-order chi connectivity index (χ1) is 12.7. The summed E-state index contributed by atoms with van der Waals surface area (Å²) in [4.78, 5) is 28.5. The van der Waals surface area contributed by atoms with Gasteiger partial charge >= 0.3 is 5.97 Å². The van der Waals surface area contributed by atoms with E-state index in [1.54, 1.807) is 23.1 Å². The van der Waals surface area contributed by atoms with E-state index in [4.69, 9.17) is 28.3 Å². The van der Waals surface area contributed by atoms with Crippen molar-refractivity contribution in [3.05, 3.63) is 28.2 Å². The van der Waals surface area contributed by atoms with E-state index in [9.17, 15) is 18.0 Å². The number of sulfone groups is 1. The molecule has 1 amide bonds. The molecule has 2 atom stereocenters. The molecule has 0 radical (unpaired) electrons. The van der Waals surface area contributed by atoms with Gasteiger partial charge in [0, 0.05) is 18.1 Å². The van der Waals surface area contributed by atoms with Gasteiger partial charge in [-0.3, -0.25) is 9.59 Å². The normalized spacial score (nSPS) is 25.0. The number of nitrogens with zero attached hydrogens (tertiary/aromatic N) is 2. The fraction of sp³-hybridized carbons (Fsp3) is 0.438. The highest BCUT2D eigenvalue weighted by molar-refractivity contribution is 8.16. The van der Waals surface area contributed by atoms with Gasteiger partial charge in [0.1, 0.15) is 0 Å². The summed E-state index contributed by atoms with van der Waals surface area (Å²) in [5.41, 5.74) is 0.426. The minimum atomic E-state index is -3.20. The number of carboxylic acid groups (broad SMARTS) is 1. The maximum Gasteiger partial charge on any atom is 0.303 e. The highest BCUT2D eigenvalue weighted by Gasteiger charge is 2.50. The van der Waals surface area contributed by atoms with Crippen LogP contribution in [0.25, 0.3) is 0 Å². The second kappa shape index (κ2) is 7.98. The average Bonchev–Trinajstić information content (AvgIpc) is 2.99. The molecule has 0 saturated carbocycles. The molecule has 2 heterocycles. The number of rotatable bonds is 5. The van der Waals surface area contributed by atoms with E-state index >= 15 is 0 Å². The van der Waals surface area contributed by atoms with E-state index in [1.807, 2.05) is 0 Å². The summed E-state index contributed by atoms with van der Waals surface area (Å²) >= 11 is 13.8. The Balaban J connectivity index is 1.92. The predicted octanol–water partition coefficient (Wildman–Crippen LogP) is 2.85. The molecule has 0 spiro atoms. The quantitative estimate of drug-likeness (QED) is 0.734. The zero-order valence-corrected chi connectivity index (χ0v) is 17.1. The number of carbonyl (C=O) groups is 2. The summed E-state index contributed by atoms with van der Waals surface area (Å²) < 4.78 is 24.1. The third kappa shape index (κ3) is 4.59. The van der Waals surface area contributed by atoms with Gasteiger partial charge in [-0.25, -0.2) is 8.42 Å². The van der Waals surface area contributed by atoms with Crippen molar-refractivity contribution in [1.82, 2.24) is 0 Å². The van der Waals surface area contributed by atoms with Crippen molar-refractivity contribution in [1.29, 1.82) is 0 Å². The second-order valence-corrected chi connectivity index (χ2v) is 10.5. The Hall–Kier alpha value is -1.29. The lowest BCUT2D eigenvalue weighted by atomic mass is 10.2. The first-order valence-electron chi connectivity index (χ1n) is 8.11. The van der Waals surface area contributed by atoms with Crippen LogP contribution in [0.4, 0.5) is 5.69 Å². The standard InChI is InChI=1S/C16H16Cl2N2O5S2/c17-9-3-1-4-10(18)15(9)20-11-7-27(24,25)8-12(11)26-16(20)19-13(21)5-2-6-14(22)23/h1,3-4,11-12H,2,5-8H2,(H,22,23)/t11-,12+/m1/s1. The van der Waals surface area contributed by atoms with Crippen LogP contribution in [0.15, 0.2) is 23.2 Å². The van der Waals surface area contributed by atoms with E-state index in [-0.39, 0.29) is 36.0 Å². The number of carboxylic acids is 1. The number of amides is 1. The summed E-state index contributed by atoms with van der Waals surface area (Å²) in [5.74, 6) is -1.52. The number of thioether (sulfide) groups is 1. The smallest absolute Gasteiger partial charge is 0.303 e. The number of benzene rings is 1. The van der Waals surface area contributed by atoms with Gasteiger partial charge in [-0.05, 0) is 18.6 Å². The van der Waals surface area contributed by atoms with Crippen LogP contribution in [0, 0.1) is 0 Å². The van der Waals surface area contributed by atoms with Crippen molar-refractivity contribution in [3.8, 4) is 0 Å². The number of aliphatic imine (C=N–C) groups is 1. The van der Waals surface area contributed by atoms with E-state index in [0.29, 0.717) is 20.9 Å². The minimum absolute atomic E-state index is 0.00587. The van der Waals surface area contributed by atoms with E-state index in [0.717, 1.165) is 0 Å². The molecule has 2 aliphatic heterocycles. The van der Waals surface area contributed by atoms with E-state index in [1.165, 1.54) is 11.8 Å². The molecule has 2 fully saturated rings. The van der Waals surface area contributed by atoms with Crippen LogP contribution in [-0.4, -0.2) is 53.4 Å². The fourth-order valence-corrected chi connectivity index (χ4v) is 7.60. The third-order valence-corrected chi connectivity index (χ3v) is 8.07. The van der Waals surface area contributed by atoms with Gasteiger partial charge in [0.15, 0.2) is 15.0 Å². The Bertz CT molecular complexity index is 899. The van der Waals surface area contributed by atoms with Crippen molar-refractivity contribution in [2.45, 2.75) is 30.6 Å². The van der Waals surface area contributed by atoms with Crippen molar-refractivity contribution in [2.24, 2.45) is 4.99 Å². The van der Waals surface area contributed by atoms with Gasteiger partial charge in [-0.15, -0.1) is 0 Å². The van der Waals surface area contributed by atoms with Gasteiger partial charge in [0.05, 0.1) is 33.3 Å². The Kier molecular flexibility index (Phi) is 6.05. The van der Waals surface area contributed by atoms with Crippen LogP contribution in [0.5, 0.6) is 0 Å². The van der Waals surface area contributed by atoms with E-state index in [2.05, 4.69) is 4.99 Å². The molecule has 2 aliphatic rings. The number of amidine groups is 1. The number of hydrogen-bond donors (Lipinski definition) is 1. The van der Waals surface area contributed by atoms with E-state index < -0.39 is 27.8 Å². The number of anilines is 1. The van der Waals surface area contributed by atoms with Gasteiger partial charge in [-0.2, -0.15) is 4.99 Å². The number of halogens is 2. The lowest BCUT2D eigenvalue weighted by Gasteiger charge is -2.26. The Morgan fingerprint density at radius 2 is 1.89 bits per heavy atom. The Morgan fingerprint density at radius 1 is 1.22 bits per heavy atom. The van der Waals surface area contributed by atoms with Crippen molar-refractivity contribution >= 4 is 67.5 Å². The molecule has 0 unspecified atom stereocenters. The van der Waals surface area contributed by atoms with Crippen molar-refractivity contribution in [3.63, 3.8) is 0 Å². The molecular weight excluding hydrogens is 435 g/mol. The molecule has 11 heteroatoms. The van der Waals surface area contributed by atoms with Gasteiger partial charge in [0.2, 0.25) is 5.91 Å². The molecule has 1 aromatic rings. The Labute approximate surface area is 170 Å². The first-order valence-corrected chi connectivity index (χ1v) is 11.6. The zero-order chi connectivity index (χ0) is 19.8. The molecule has 0 aromatic heterocycles. The van der Waals surface area contributed by atoms with Gasteiger partial charge in [0.25, 0.3) is 0 Å². The highest BCUT2D eigenvalue weighted by atomic mass is 35.5. The molecule has 3 rings (SSSR count). The maximum atomic E-state index is 12.2. The maximum absolute atomic E-state index is 12.2. The van der Waals surface area contributed by atoms with Crippen LogP contribution >= 0.6 is 35.0 Å². The summed E-state index contributed by atoms with van der Waals surface area (Å²) in [6.45, 7) is 0. The molecule has 1 N–H and O–H groups in total. The van der Waals surface area contributed by atoms with Crippen LogP contribution in [0.2, 0.25) is 10.0 Å². The molecule has 2 saturated heterocycles. The summed E-state index contributed by atoms with van der Waals surface area (Å²) in [7, 11) is -3.20. The SMILES string of the molecule is O=C(O)CCCC(=O)N=C1S[C@H]2CS(=O)(=O)C[C@H]2N1c1c(Cl)cccc1Cl. The fourth-order valence-electron chi connectivity index (χ4n) is 3.10. The zero-order valence-electron chi connectivity index (χ0n) is 14.0. The number of carbonyl (C=O) groups excluding carboxylic acids is 1. The lowest BCUT2D eigenvalue weighted by molar-refractivity contribution is -0.137. The second-order valence-electron chi connectivity index (χ2n) is 6.28.